The molecule has 0 aromatic heterocycles. The number of carbonyl (C=O) groups excluding carboxylic acids is 1. The SMILES string of the molecule is CCc1ccc(CN(CC(=O)Nc2ccc(C)c(S(=O)(=O)NC)c2)C2CC2)cc1. The van der Waals surface area contributed by atoms with Crippen molar-refractivity contribution in [2.45, 2.75) is 50.6 Å². The molecule has 1 aliphatic rings. The van der Waals surface area contributed by atoms with Crippen LogP contribution >= 0.6 is 0 Å². The van der Waals surface area contributed by atoms with Gasteiger partial charge in [0.25, 0.3) is 0 Å². The lowest BCUT2D eigenvalue weighted by Crippen LogP contribution is -2.34. The molecule has 0 saturated heterocycles. The van der Waals surface area contributed by atoms with E-state index in [2.05, 4.69) is 46.1 Å². The van der Waals surface area contributed by atoms with Gasteiger partial charge in [0.15, 0.2) is 0 Å². The maximum atomic E-state index is 12.6. The van der Waals surface area contributed by atoms with Crippen molar-refractivity contribution >= 4 is 21.6 Å². The van der Waals surface area contributed by atoms with Gasteiger partial charge in [0, 0.05) is 18.3 Å². The number of rotatable bonds is 9. The minimum absolute atomic E-state index is 0.140. The van der Waals surface area contributed by atoms with Gasteiger partial charge in [-0.05, 0) is 62.1 Å². The standard InChI is InChI=1S/C22H29N3O3S/c1-4-17-6-8-18(9-7-17)14-25(20-11-12-20)15-22(26)24-19-10-5-16(2)21(13-19)29(27,28)23-3/h5-10,13,20,23H,4,11-12,14-15H2,1-3H3,(H,24,26). The number of nitrogens with one attached hydrogen (secondary N) is 2. The molecule has 0 aliphatic heterocycles. The van der Waals surface area contributed by atoms with Crippen LogP contribution in [-0.4, -0.2) is 38.9 Å². The fourth-order valence-electron chi connectivity index (χ4n) is 3.33. The molecule has 2 N–H and O–H groups in total. The molecule has 0 heterocycles. The van der Waals surface area contributed by atoms with Crippen molar-refractivity contribution in [3.63, 3.8) is 0 Å². The summed E-state index contributed by atoms with van der Waals surface area (Å²) in [6.07, 6.45) is 3.22. The van der Waals surface area contributed by atoms with Crippen molar-refractivity contribution in [3.8, 4) is 0 Å². The summed E-state index contributed by atoms with van der Waals surface area (Å²) in [6.45, 7) is 4.88. The zero-order valence-electron chi connectivity index (χ0n) is 17.2. The quantitative estimate of drug-likeness (QED) is 0.660. The van der Waals surface area contributed by atoms with E-state index in [-0.39, 0.29) is 17.3 Å². The first-order chi connectivity index (χ1) is 13.8. The summed E-state index contributed by atoms with van der Waals surface area (Å²) in [6, 6.07) is 13.9. The topological polar surface area (TPSA) is 78.5 Å². The lowest BCUT2D eigenvalue weighted by molar-refractivity contribution is -0.117. The van der Waals surface area contributed by atoms with Gasteiger partial charge in [-0.1, -0.05) is 37.3 Å². The first kappa shape index (κ1) is 21.5. The fraction of sp³-hybridized carbons (Fsp3) is 0.409. The van der Waals surface area contributed by atoms with Crippen LogP contribution < -0.4 is 10.0 Å². The number of amides is 1. The Hall–Kier alpha value is -2.22. The number of hydrogen-bond donors (Lipinski definition) is 2. The Morgan fingerprint density at radius 2 is 1.76 bits per heavy atom. The summed E-state index contributed by atoms with van der Waals surface area (Å²) in [5, 5.41) is 2.85. The first-order valence-electron chi connectivity index (χ1n) is 9.98. The largest absolute Gasteiger partial charge is 0.325 e. The van der Waals surface area contributed by atoms with Crippen LogP contribution in [0.2, 0.25) is 0 Å². The third kappa shape index (κ3) is 5.65. The highest BCUT2D eigenvalue weighted by atomic mass is 32.2. The number of carbonyl (C=O) groups is 1. The molecule has 1 saturated carbocycles. The van der Waals surface area contributed by atoms with Crippen LogP contribution in [0, 0.1) is 6.92 Å². The summed E-state index contributed by atoms with van der Waals surface area (Å²) in [4.78, 5) is 15.0. The third-order valence-electron chi connectivity index (χ3n) is 5.26. The maximum absolute atomic E-state index is 12.6. The number of aryl methyl sites for hydroxylation is 2. The predicted molar refractivity (Wildman–Crippen MR) is 115 cm³/mol. The van der Waals surface area contributed by atoms with E-state index in [0.717, 1.165) is 25.8 Å². The molecule has 2 aromatic rings. The van der Waals surface area contributed by atoms with Crippen molar-refractivity contribution in [3.05, 3.63) is 59.2 Å². The van der Waals surface area contributed by atoms with Crippen LogP contribution in [0.4, 0.5) is 5.69 Å². The highest BCUT2D eigenvalue weighted by molar-refractivity contribution is 7.89. The van der Waals surface area contributed by atoms with Gasteiger partial charge in [0.2, 0.25) is 15.9 Å². The van der Waals surface area contributed by atoms with E-state index < -0.39 is 10.0 Å². The van der Waals surface area contributed by atoms with E-state index in [4.69, 9.17) is 0 Å². The molecule has 0 bridgehead atoms. The van der Waals surface area contributed by atoms with Gasteiger partial charge in [-0.25, -0.2) is 13.1 Å². The Bertz CT molecular complexity index is 967. The number of nitrogens with zero attached hydrogens (tertiary/aromatic N) is 1. The minimum atomic E-state index is -3.57. The lowest BCUT2D eigenvalue weighted by Gasteiger charge is -2.22. The van der Waals surface area contributed by atoms with Crippen molar-refractivity contribution in [2.75, 3.05) is 18.9 Å². The maximum Gasteiger partial charge on any atom is 0.240 e. The van der Waals surface area contributed by atoms with Crippen LogP contribution in [0.1, 0.15) is 36.5 Å². The van der Waals surface area contributed by atoms with Gasteiger partial charge in [0.05, 0.1) is 11.4 Å². The molecule has 2 aromatic carbocycles. The first-order valence-corrected chi connectivity index (χ1v) is 11.5. The smallest absolute Gasteiger partial charge is 0.240 e. The lowest BCUT2D eigenvalue weighted by atomic mass is 10.1. The van der Waals surface area contributed by atoms with Gasteiger partial charge in [-0.15, -0.1) is 0 Å². The van der Waals surface area contributed by atoms with Gasteiger partial charge in [0.1, 0.15) is 0 Å². The normalized spacial score (nSPS) is 14.2. The molecular formula is C22H29N3O3S. The summed E-state index contributed by atoms with van der Waals surface area (Å²) in [5.41, 5.74) is 3.61. The molecule has 0 unspecified atom stereocenters. The molecule has 156 valence electrons. The highest BCUT2D eigenvalue weighted by Gasteiger charge is 2.30. The van der Waals surface area contributed by atoms with Crippen molar-refractivity contribution in [2.24, 2.45) is 0 Å². The Kier molecular flexibility index (Phi) is 6.72. The summed E-state index contributed by atoms with van der Waals surface area (Å²) in [7, 11) is -2.20. The zero-order valence-corrected chi connectivity index (χ0v) is 18.1. The summed E-state index contributed by atoms with van der Waals surface area (Å²) < 4.78 is 26.6. The molecule has 1 amide bonds. The molecule has 6 nitrogen and oxygen atoms in total. The van der Waals surface area contributed by atoms with E-state index in [1.165, 1.54) is 24.2 Å². The van der Waals surface area contributed by atoms with Crippen LogP contribution in [0.5, 0.6) is 0 Å². The van der Waals surface area contributed by atoms with Crippen LogP contribution in [0.25, 0.3) is 0 Å². The van der Waals surface area contributed by atoms with Gasteiger partial charge < -0.3 is 5.32 Å². The van der Waals surface area contributed by atoms with E-state index in [1.54, 1.807) is 19.1 Å². The Morgan fingerprint density at radius 1 is 1.10 bits per heavy atom. The molecule has 0 atom stereocenters. The monoisotopic (exact) mass is 415 g/mol. The van der Waals surface area contributed by atoms with E-state index >= 15 is 0 Å². The molecule has 3 rings (SSSR count). The summed E-state index contributed by atoms with van der Waals surface area (Å²) in [5.74, 6) is -0.140. The van der Waals surface area contributed by atoms with Crippen molar-refractivity contribution in [1.82, 2.24) is 9.62 Å². The van der Waals surface area contributed by atoms with Crippen LogP contribution in [-0.2, 0) is 27.8 Å². The van der Waals surface area contributed by atoms with Gasteiger partial charge >= 0.3 is 0 Å². The Balaban J connectivity index is 1.67. The second kappa shape index (κ2) is 9.07. The average molecular weight is 416 g/mol. The number of hydrogen-bond acceptors (Lipinski definition) is 4. The van der Waals surface area contributed by atoms with Crippen LogP contribution in [0.15, 0.2) is 47.4 Å². The van der Waals surface area contributed by atoms with Crippen LogP contribution in [0.3, 0.4) is 0 Å². The second-order valence-electron chi connectivity index (χ2n) is 7.54. The second-order valence-corrected chi connectivity index (χ2v) is 9.40. The highest BCUT2D eigenvalue weighted by Crippen LogP contribution is 2.28. The van der Waals surface area contributed by atoms with Crippen molar-refractivity contribution in [1.29, 1.82) is 0 Å². The molecule has 29 heavy (non-hydrogen) atoms. The predicted octanol–water partition coefficient (Wildman–Crippen LogP) is 3.07. The zero-order chi connectivity index (χ0) is 21.0. The average Bonchev–Trinajstić information content (AvgIpc) is 3.54. The fourth-order valence-corrected chi connectivity index (χ4v) is 4.32. The molecule has 7 heteroatoms. The Labute approximate surface area is 173 Å². The third-order valence-corrected chi connectivity index (χ3v) is 6.81. The van der Waals surface area contributed by atoms with E-state index in [0.29, 0.717) is 17.3 Å². The van der Waals surface area contributed by atoms with E-state index in [9.17, 15) is 13.2 Å². The number of anilines is 1. The molecule has 1 fully saturated rings. The Morgan fingerprint density at radius 3 is 2.34 bits per heavy atom. The molecular weight excluding hydrogens is 386 g/mol. The van der Waals surface area contributed by atoms with Gasteiger partial charge in [-0.3, -0.25) is 9.69 Å². The number of sulfonamides is 1. The minimum Gasteiger partial charge on any atom is -0.325 e. The number of benzene rings is 2. The molecule has 0 radical (unpaired) electrons. The molecule has 0 spiro atoms. The van der Waals surface area contributed by atoms with Crippen molar-refractivity contribution < 1.29 is 13.2 Å². The summed E-state index contributed by atoms with van der Waals surface area (Å²) >= 11 is 0. The van der Waals surface area contributed by atoms with Gasteiger partial charge in [-0.2, -0.15) is 0 Å². The molecule has 1 aliphatic carbocycles. The van der Waals surface area contributed by atoms with E-state index in [1.807, 2.05) is 0 Å².